The maximum absolute atomic E-state index is 4.22. The second kappa shape index (κ2) is 3.05. The van der Waals surface area contributed by atoms with Crippen molar-refractivity contribution < 1.29 is 0 Å². The quantitative estimate of drug-likeness (QED) is 0.752. The van der Waals surface area contributed by atoms with Gasteiger partial charge in [-0.3, -0.25) is 0 Å². The van der Waals surface area contributed by atoms with Gasteiger partial charge >= 0.3 is 0 Å². The van der Waals surface area contributed by atoms with Gasteiger partial charge < -0.3 is 9.88 Å². The monoisotopic (exact) mass is 176 g/mol. The van der Waals surface area contributed by atoms with Crippen LogP contribution in [0.1, 0.15) is 6.92 Å². The van der Waals surface area contributed by atoms with E-state index in [1.165, 1.54) is 0 Å². The van der Waals surface area contributed by atoms with Crippen molar-refractivity contribution in [1.29, 1.82) is 0 Å². The molecule has 0 aliphatic rings. The normalized spacial score (nSPS) is 10.6. The summed E-state index contributed by atoms with van der Waals surface area (Å²) in [5.74, 6) is 0.901. The van der Waals surface area contributed by atoms with Gasteiger partial charge in [0, 0.05) is 19.7 Å². The average molecular weight is 176 g/mol. The molecule has 2 heterocycles. The lowest BCUT2D eigenvalue weighted by Gasteiger charge is -2.01. The van der Waals surface area contributed by atoms with Gasteiger partial charge in [0.2, 0.25) is 0 Å². The van der Waals surface area contributed by atoms with Crippen molar-refractivity contribution in [2.24, 2.45) is 7.05 Å². The van der Waals surface area contributed by atoms with E-state index in [1.807, 2.05) is 17.7 Å². The Labute approximate surface area is 76.6 Å². The van der Waals surface area contributed by atoms with Gasteiger partial charge in [0.15, 0.2) is 0 Å². The molecule has 68 valence electrons. The van der Waals surface area contributed by atoms with Crippen LogP contribution in [-0.2, 0) is 7.05 Å². The van der Waals surface area contributed by atoms with Crippen LogP contribution in [0.4, 0.5) is 5.82 Å². The summed E-state index contributed by atoms with van der Waals surface area (Å²) in [5.41, 5.74) is 2.04. The molecule has 2 aromatic rings. The van der Waals surface area contributed by atoms with Crippen LogP contribution in [0.3, 0.4) is 0 Å². The number of fused-ring (bicyclic) bond motifs is 1. The average Bonchev–Trinajstić information content (AvgIpc) is 2.49. The Kier molecular flexibility index (Phi) is 1.88. The van der Waals surface area contributed by atoms with Gasteiger partial charge in [0.1, 0.15) is 11.3 Å². The summed E-state index contributed by atoms with van der Waals surface area (Å²) in [4.78, 5) is 8.42. The van der Waals surface area contributed by atoms with E-state index in [9.17, 15) is 0 Å². The highest BCUT2D eigenvalue weighted by atomic mass is 15.0. The largest absolute Gasteiger partial charge is 0.370 e. The molecule has 0 aliphatic heterocycles. The standard InChI is InChI=1S/C9H12N4/c1-3-10-9-4-8-7(5-11-9)12-6-13(8)2/h4-6H,3H2,1-2H3,(H,10,11). The molecule has 1 N–H and O–H groups in total. The third-order valence-electron chi connectivity index (χ3n) is 1.97. The molecule has 0 unspecified atom stereocenters. The predicted octanol–water partition coefficient (Wildman–Crippen LogP) is 1.40. The predicted molar refractivity (Wildman–Crippen MR) is 52.7 cm³/mol. The Morgan fingerprint density at radius 1 is 1.46 bits per heavy atom. The Hall–Kier alpha value is -1.58. The number of hydrogen-bond donors (Lipinski definition) is 1. The summed E-state index contributed by atoms with van der Waals surface area (Å²) in [6.45, 7) is 2.94. The molecule has 0 aromatic carbocycles. The van der Waals surface area contributed by atoms with E-state index < -0.39 is 0 Å². The first-order chi connectivity index (χ1) is 6.31. The molecule has 0 aliphatic carbocycles. The van der Waals surface area contributed by atoms with E-state index in [1.54, 1.807) is 12.5 Å². The van der Waals surface area contributed by atoms with Gasteiger partial charge in [-0.25, -0.2) is 9.97 Å². The van der Waals surface area contributed by atoms with Crippen molar-refractivity contribution in [2.75, 3.05) is 11.9 Å². The van der Waals surface area contributed by atoms with E-state index in [0.29, 0.717) is 0 Å². The summed E-state index contributed by atoms with van der Waals surface area (Å²) in [6.07, 6.45) is 3.58. The van der Waals surface area contributed by atoms with Crippen molar-refractivity contribution in [3.8, 4) is 0 Å². The summed E-state index contributed by atoms with van der Waals surface area (Å²) in [5, 5.41) is 3.16. The molecule has 0 saturated heterocycles. The van der Waals surface area contributed by atoms with Gasteiger partial charge in [-0.2, -0.15) is 0 Å². The van der Waals surface area contributed by atoms with Crippen molar-refractivity contribution >= 4 is 16.9 Å². The number of aryl methyl sites for hydroxylation is 1. The Morgan fingerprint density at radius 2 is 2.31 bits per heavy atom. The van der Waals surface area contributed by atoms with Crippen molar-refractivity contribution in [1.82, 2.24) is 14.5 Å². The first-order valence-electron chi connectivity index (χ1n) is 4.32. The van der Waals surface area contributed by atoms with E-state index in [2.05, 4.69) is 22.2 Å². The zero-order chi connectivity index (χ0) is 9.26. The number of anilines is 1. The third kappa shape index (κ3) is 1.35. The first kappa shape index (κ1) is 8.04. The van der Waals surface area contributed by atoms with Crippen LogP contribution in [0.15, 0.2) is 18.6 Å². The molecular weight excluding hydrogens is 164 g/mol. The maximum atomic E-state index is 4.22. The molecule has 0 amide bonds. The summed E-state index contributed by atoms with van der Waals surface area (Å²) < 4.78 is 1.98. The Balaban J connectivity index is 2.53. The van der Waals surface area contributed by atoms with Crippen LogP contribution >= 0.6 is 0 Å². The number of hydrogen-bond acceptors (Lipinski definition) is 3. The second-order valence-electron chi connectivity index (χ2n) is 2.94. The topological polar surface area (TPSA) is 42.7 Å². The van der Waals surface area contributed by atoms with Crippen LogP contribution in [0.5, 0.6) is 0 Å². The summed E-state index contributed by atoms with van der Waals surface area (Å²) in [6, 6.07) is 2.01. The number of nitrogens with one attached hydrogen (secondary N) is 1. The molecule has 13 heavy (non-hydrogen) atoms. The molecule has 4 nitrogen and oxygen atoms in total. The zero-order valence-electron chi connectivity index (χ0n) is 7.78. The third-order valence-corrected chi connectivity index (χ3v) is 1.97. The summed E-state index contributed by atoms with van der Waals surface area (Å²) in [7, 11) is 1.98. The molecule has 0 fully saturated rings. The lowest BCUT2D eigenvalue weighted by atomic mass is 10.4. The van der Waals surface area contributed by atoms with Gasteiger partial charge in [0.25, 0.3) is 0 Å². The number of imidazole rings is 1. The fraction of sp³-hybridized carbons (Fsp3) is 0.333. The van der Waals surface area contributed by atoms with E-state index >= 15 is 0 Å². The molecule has 2 rings (SSSR count). The molecule has 0 atom stereocenters. The van der Waals surface area contributed by atoms with E-state index in [-0.39, 0.29) is 0 Å². The number of pyridine rings is 1. The minimum absolute atomic E-state index is 0.885. The Morgan fingerprint density at radius 3 is 3.08 bits per heavy atom. The second-order valence-corrected chi connectivity index (χ2v) is 2.94. The zero-order valence-corrected chi connectivity index (χ0v) is 7.78. The van der Waals surface area contributed by atoms with Gasteiger partial charge in [0.05, 0.1) is 18.0 Å². The SMILES string of the molecule is CCNc1cc2c(cn1)ncn2C. The van der Waals surface area contributed by atoms with Crippen LogP contribution in [-0.4, -0.2) is 21.1 Å². The van der Waals surface area contributed by atoms with E-state index in [0.717, 1.165) is 23.4 Å². The highest BCUT2D eigenvalue weighted by molar-refractivity contribution is 5.77. The minimum atomic E-state index is 0.885. The van der Waals surface area contributed by atoms with Crippen LogP contribution in [0.25, 0.3) is 11.0 Å². The molecule has 0 spiro atoms. The first-order valence-corrected chi connectivity index (χ1v) is 4.32. The smallest absolute Gasteiger partial charge is 0.128 e. The lowest BCUT2D eigenvalue weighted by Crippen LogP contribution is -1.98. The maximum Gasteiger partial charge on any atom is 0.128 e. The van der Waals surface area contributed by atoms with E-state index in [4.69, 9.17) is 0 Å². The minimum Gasteiger partial charge on any atom is -0.370 e. The number of rotatable bonds is 2. The molecule has 4 heteroatoms. The summed E-state index contributed by atoms with van der Waals surface area (Å²) >= 11 is 0. The van der Waals surface area contributed by atoms with Gasteiger partial charge in [-0.1, -0.05) is 0 Å². The van der Waals surface area contributed by atoms with Crippen LogP contribution in [0, 0.1) is 0 Å². The fourth-order valence-corrected chi connectivity index (χ4v) is 1.31. The molecule has 2 aromatic heterocycles. The van der Waals surface area contributed by atoms with Gasteiger partial charge in [-0.15, -0.1) is 0 Å². The van der Waals surface area contributed by atoms with Crippen LogP contribution in [0.2, 0.25) is 0 Å². The molecule has 0 radical (unpaired) electrons. The fourth-order valence-electron chi connectivity index (χ4n) is 1.31. The van der Waals surface area contributed by atoms with Crippen molar-refractivity contribution in [3.05, 3.63) is 18.6 Å². The Bertz CT molecular complexity index is 418. The van der Waals surface area contributed by atoms with Gasteiger partial charge in [-0.05, 0) is 6.92 Å². The highest BCUT2D eigenvalue weighted by Gasteiger charge is 2.00. The number of nitrogens with zero attached hydrogens (tertiary/aromatic N) is 3. The van der Waals surface area contributed by atoms with Crippen molar-refractivity contribution in [2.45, 2.75) is 6.92 Å². The molecule has 0 bridgehead atoms. The molecular formula is C9H12N4. The van der Waals surface area contributed by atoms with Crippen LogP contribution < -0.4 is 5.32 Å². The lowest BCUT2D eigenvalue weighted by molar-refractivity contribution is 0.947. The number of aromatic nitrogens is 3. The van der Waals surface area contributed by atoms with Crippen molar-refractivity contribution in [3.63, 3.8) is 0 Å². The molecule has 0 saturated carbocycles. The highest BCUT2D eigenvalue weighted by Crippen LogP contribution is 2.13.